The summed E-state index contributed by atoms with van der Waals surface area (Å²) in [5.41, 5.74) is 10.5. The van der Waals surface area contributed by atoms with Gasteiger partial charge in [0.05, 0.1) is 6.10 Å². The van der Waals surface area contributed by atoms with Crippen LogP contribution in [0.25, 0.3) is 0 Å². The summed E-state index contributed by atoms with van der Waals surface area (Å²) in [4.78, 5) is 0. The molecule has 0 bridgehead atoms. The Hall–Kier alpha value is -0.120. The number of hydrogen-bond acceptors (Lipinski definition) is 3. The van der Waals surface area contributed by atoms with Crippen molar-refractivity contribution >= 4 is 0 Å². The zero-order valence-electron chi connectivity index (χ0n) is 7.89. The minimum Gasteiger partial charge on any atom is -0.391 e. The zero-order valence-corrected chi connectivity index (χ0v) is 7.89. The maximum absolute atomic E-state index is 9.52. The Labute approximate surface area is 68.8 Å². The Bertz CT molecular complexity index is 121. The molecule has 0 saturated carbocycles. The average Bonchev–Trinajstić information content (AvgIpc) is 1.56. The molecule has 0 heterocycles. The number of aliphatic hydroxyl groups is 1. The first-order valence-electron chi connectivity index (χ1n) is 3.89. The van der Waals surface area contributed by atoms with Gasteiger partial charge in [0.15, 0.2) is 0 Å². The first kappa shape index (κ1) is 10.9. The van der Waals surface area contributed by atoms with Crippen LogP contribution in [0.5, 0.6) is 0 Å². The molecule has 0 aromatic carbocycles. The Morgan fingerprint density at radius 2 is 1.55 bits per heavy atom. The second kappa shape index (κ2) is 3.09. The van der Waals surface area contributed by atoms with Crippen LogP contribution in [0.2, 0.25) is 0 Å². The van der Waals surface area contributed by atoms with Gasteiger partial charge in [-0.3, -0.25) is 0 Å². The quantitative estimate of drug-likeness (QED) is 0.552. The SMILES string of the molecule is CC(C)(N)CC(O)C(C)(C)N. The van der Waals surface area contributed by atoms with Crippen LogP contribution in [0.3, 0.4) is 0 Å². The fraction of sp³-hybridized carbons (Fsp3) is 1.00. The second-order valence-corrected chi connectivity index (χ2v) is 4.53. The molecule has 0 aromatic rings. The highest BCUT2D eigenvalue weighted by atomic mass is 16.3. The van der Waals surface area contributed by atoms with E-state index < -0.39 is 11.6 Å². The number of nitrogens with two attached hydrogens (primary N) is 2. The summed E-state index contributed by atoms with van der Waals surface area (Å²) in [6, 6.07) is 0. The lowest BCUT2D eigenvalue weighted by Crippen LogP contribution is -2.50. The molecule has 68 valence electrons. The van der Waals surface area contributed by atoms with Gasteiger partial charge in [-0.15, -0.1) is 0 Å². The Morgan fingerprint density at radius 3 is 1.64 bits per heavy atom. The molecule has 0 aliphatic rings. The van der Waals surface area contributed by atoms with Gasteiger partial charge in [-0.05, 0) is 34.1 Å². The van der Waals surface area contributed by atoms with Gasteiger partial charge >= 0.3 is 0 Å². The summed E-state index contributed by atoms with van der Waals surface area (Å²) in [6.07, 6.45) is -0.0150. The van der Waals surface area contributed by atoms with Crippen molar-refractivity contribution in [3.8, 4) is 0 Å². The summed E-state index contributed by atoms with van der Waals surface area (Å²) < 4.78 is 0. The van der Waals surface area contributed by atoms with Crippen molar-refractivity contribution in [1.29, 1.82) is 0 Å². The minimum absolute atomic E-state index is 0.351. The lowest BCUT2D eigenvalue weighted by molar-refractivity contribution is 0.0772. The lowest BCUT2D eigenvalue weighted by atomic mass is 9.88. The second-order valence-electron chi connectivity index (χ2n) is 4.53. The van der Waals surface area contributed by atoms with Gasteiger partial charge < -0.3 is 16.6 Å². The fourth-order valence-corrected chi connectivity index (χ4v) is 0.761. The monoisotopic (exact) mass is 160 g/mol. The van der Waals surface area contributed by atoms with Crippen molar-refractivity contribution in [3.05, 3.63) is 0 Å². The lowest BCUT2D eigenvalue weighted by Gasteiger charge is -2.31. The molecule has 3 heteroatoms. The molecule has 0 aliphatic carbocycles. The Morgan fingerprint density at radius 1 is 1.18 bits per heavy atom. The van der Waals surface area contributed by atoms with Gasteiger partial charge in [0.1, 0.15) is 0 Å². The smallest absolute Gasteiger partial charge is 0.0731 e. The molecule has 0 aliphatic heterocycles. The van der Waals surface area contributed by atoms with Gasteiger partial charge in [-0.1, -0.05) is 0 Å². The van der Waals surface area contributed by atoms with Crippen molar-refractivity contribution in [3.63, 3.8) is 0 Å². The van der Waals surface area contributed by atoms with Crippen LogP contribution in [0.4, 0.5) is 0 Å². The fourth-order valence-electron chi connectivity index (χ4n) is 0.761. The molecule has 3 nitrogen and oxygen atoms in total. The van der Waals surface area contributed by atoms with Gasteiger partial charge in [-0.25, -0.2) is 0 Å². The zero-order chi connectivity index (χ0) is 9.28. The molecule has 0 fully saturated rings. The molecular weight excluding hydrogens is 140 g/mol. The van der Waals surface area contributed by atoms with E-state index in [1.807, 2.05) is 13.8 Å². The van der Waals surface area contributed by atoms with Gasteiger partial charge in [-0.2, -0.15) is 0 Å². The maximum Gasteiger partial charge on any atom is 0.0731 e. The van der Waals surface area contributed by atoms with Crippen LogP contribution in [0, 0.1) is 0 Å². The normalized spacial score (nSPS) is 16.6. The largest absolute Gasteiger partial charge is 0.391 e. The predicted octanol–water partition coefficient (Wildman–Crippen LogP) is 0.212. The predicted molar refractivity (Wildman–Crippen MR) is 47.2 cm³/mol. The molecule has 0 radical (unpaired) electrons. The van der Waals surface area contributed by atoms with E-state index in [2.05, 4.69) is 0 Å². The van der Waals surface area contributed by atoms with Crippen LogP contribution < -0.4 is 11.5 Å². The molecule has 0 aromatic heterocycles. The van der Waals surface area contributed by atoms with Gasteiger partial charge in [0.2, 0.25) is 0 Å². The molecular formula is C8H20N2O. The minimum atomic E-state index is -0.559. The number of hydrogen-bond donors (Lipinski definition) is 3. The van der Waals surface area contributed by atoms with Crippen molar-refractivity contribution in [2.75, 3.05) is 0 Å². The Balaban J connectivity index is 3.99. The first-order chi connectivity index (χ1) is 4.63. The summed E-state index contributed by atoms with van der Waals surface area (Å²) in [7, 11) is 0. The first-order valence-corrected chi connectivity index (χ1v) is 3.89. The highest BCUT2D eigenvalue weighted by Crippen LogP contribution is 2.15. The molecule has 5 N–H and O–H groups in total. The summed E-state index contributed by atoms with van der Waals surface area (Å²) in [5, 5.41) is 9.52. The van der Waals surface area contributed by atoms with Crippen LogP contribution >= 0.6 is 0 Å². The van der Waals surface area contributed by atoms with Crippen molar-refractivity contribution < 1.29 is 5.11 Å². The van der Waals surface area contributed by atoms with E-state index in [-0.39, 0.29) is 5.54 Å². The van der Waals surface area contributed by atoms with Crippen LogP contribution in [-0.2, 0) is 0 Å². The third-order valence-corrected chi connectivity index (χ3v) is 1.58. The van der Waals surface area contributed by atoms with E-state index in [0.29, 0.717) is 6.42 Å². The van der Waals surface area contributed by atoms with E-state index in [9.17, 15) is 5.11 Å². The Kier molecular flexibility index (Phi) is 3.06. The van der Waals surface area contributed by atoms with Crippen LogP contribution in [0.1, 0.15) is 34.1 Å². The summed E-state index contributed by atoms with van der Waals surface area (Å²) in [6.45, 7) is 7.34. The third kappa shape index (κ3) is 5.18. The van der Waals surface area contributed by atoms with Crippen molar-refractivity contribution in [2.24, 2.45) is 11.5 Å². The van der Waals surface area contributed by atoms with E-state index in [0.717, 1.165) is 0 Å². The molecule has 11 heavy (non-hydrogen) atoms. The third-order valence-electron chi connectivity index (χ3n) is 1.58. The molecule has 0 spiro atoms. The van der Waals surface area contributed by atoms with Gasteiger partial charge in [0, 0.05) is 11.1 Å². The molecule has 1 unspecified atom stereocenters. The number of rotatable bonds is 3. The topological polar surface area (TPSA) is 72.3 Å². The highest BCUT2D eigenvalue weighted by molar-refractivity contribution is 4.87. The summed E-state index contributed by atoms with van der Waals surface area (Å²) in [5.74, 6) is 0. The van der Waals surface area contributed by atoms with Crippen molar-refractivity contribution in [2.45, 2.75) is 51.3 Å². The van der Waals surface area contributed by atoms with E-state index in [4.69, 9.17) is 11.5 Å². The summed E-state index contributed by atoms with van der Waals surface area (Å²) >= 11 is 0. The van der Waals surface area contributed by atoms with E-state index in [1.165, 1.54) is 0 Å². The average molecular weight is 160 g/mol. The maximum atomic E-state index is 9.52. The van der Waals surface area contributed by atoms with Crippen LogP contribution in [-0.4, -0.2) is 22.3 Å². The van der Waals surface area contributed by atoms with Crippen molar-refractivity contribution in [1.82, 2.24) is 0 Å². The van der Waals surface area contributed by atoms with Crippen LogP contribution in [0.15, 0.2) is 0 Å². The highest BCUT2D eigenvalue weighted by Gasteiger charge is 2.27. The molecule has 1 atom stereocenters. The molecule has 0 amide bonds. The molecule has 0 rings (SSSR count). The van der Waals surface area contributed by atoms with E-state index >= 15 is 0 Å². The van der Waals surface area contributed by atoms with Gasteiger partial charge in [0.25, 0.3) is 0 Å². The molecule has 0 saturated heterocycles. The number of aliphatic hydroxyl groups excluding tert-OH is 1. The van der Waals surface area contributed by atoms with E-state index in [1.54, 1.807) is 13.8 Å². The standard InChI is InChI=1S/C8H20N2O/c1-7(2,9)5-6(11)8(3,4)10/h6,11H,5,9-10H2,1-4H3.